The molecule has 0 fully saturated rings. The average molecular weight is 614 g/mol. The van der Waals surface area contributed by atoms with Gasteiger partial charge in [0, 0.05) is 22.8 Å². The van der Waals surface area contributed by atoms with Crippen molar-refractivity contribution in [1.29, 1.82) is 5.26 Å². The zero-order chi connectivity index (χ0) is 32.1. The summed E-state index contributed by atoms with van der Waals surface area (Å²) < 4.78 is 52.8. The van der Waals surface area contributed by atoms with Gasteiger partial charge in [0.25, 0.3) is 5.56 Å². The predicted octanol–water partition coefficient (Wildman–Crippen LogP) is 6.72. The van der Waals surface area contributed by atoms with Crippen LogP contribution in [0.25, 0.3) is 22.3 Å². The number of nitro groups is 1. The van der Waals surface area contributed by atoms with Crippen LogP contribution >= 0.6 is 0 Å². The molecule has 0 spiro atoms. The molecule has 0 aliphatic rings. The van der Waals surface area contributed by atoms with Gasteiger partial charge in [0.1, 0.15) is 6.61 Å². The first-order chi connectivity index (χ1) is 21.6. The molecule has 10 nitrogen and oxygen atoms in total. The maximum absolute atomic E-state index is 13.5. The van der Waals surface area contributed by atoms with E-state index in [1.807, 2.05) is 6.07 Å². The Hall–Kier alpha value is -6.03. The molecular weight excluding hydrogens is 591 g/mol. The van der Waals surface area contributed by atoms with Crippen molar-refractivity contribution in [3.63, 3.8) is 0 Å². The molecule has 0 radical (unpaired) electrons. The SMILES string of the molecule is CCOc1cc(C=Nn2c(-c3cccc(C(F)(F)F)c3)nc3ccccc3c2=O)cc([N+](=O)[O-])c1OCc1ccccc1C#N. The second-order valence-electron chi connectivity index (χ2n) is 9.51. The highest BCUT2D eigenvalue weighted by Crippen LogP contribution is 2.39. The van der Waals surface area contributed by atoms with Gasteiger partial charge in [-0.25, -0.2) is 4.98 Å². The van der Waals surface area contributed by atoms with E-state index in [1.165, 1.54) is 24.3 Å². The van der Waals surface area contributed by atoms with E-state index in [2.05, 4.69) is 10.1 Å². The Morgan fingerprint density at radius 1 is 1.04 bits per heavy atom. The van der Waals surface area contributed by atoms with E-state index in [9.17, 15) is 33.3 Å². The fourth-order valence-electron chi connectivity index (χ4n) is 4.51. The molecule has 5 aromatic rings. The van der Waals surface area contributed by atoms with Gasteiger partial charge >= 0.3 is 11.9 Å². The van der Waals surface area contributed by atoms with Crippen LogP contribution in [0.2, 0.25) is 0 Å². The minimum atomic E-state index is -4.64. The molecule has 0 saturated carbocycles. The summed E-state index contributed by atoms with van der Waals surface area (Å²) in [6.07, 6.45) is -3.50. The summed E-state index contributed by atoms with van der Waals surface area (Å²) in [5.74, 6) is -0.345. The Balaban J connectivity index is 1.61. The summed E-state index contributed by atoms with van der Waals surface area (Å²) in [5.41, 5.74) is -0.880. The quantitative estimate of drug-likeness (QED) is 0.102. The second kappa shape index (κ2) is 12.7. The van der Waals surface area contributed by atoms with Gasteiger partial charge in [0.05, 0.1) is 45.8 Å². The van der Waals surface area contributed by atoms with Crippen molar-refractivity contribution in [3.05, 3.63) is 128 Å². The highest BCUT2D eigenvalue weighted by atomic mass is 19.4. The third-order valence-electron chi connectivity index (χ3n) is 6.59. The molecule has 0 bridgehead atoms. The largest absolute Gasteiger partial charge is 0.490 e. The number of nitriles is 1. The van der Waals surface area contributed by atoms with Crippen LogP contribution in [0.5, 0.6) is 11.5 Å². The molecule has 0 unspecified atom stereocenters. The number of rotatable bonds is 9. The lowest BCUT2D eigenvalue weighted by Crippen LogP contribution is -2.20. The molecule has 226 valence electrons. The minimum absolute atomic E-state index is 0.00433. The lowest BCUT2D eigenvalue weighted by molar-refractivity contribution is -0.386. The first-order valence-electron chi connectivity index (χ1n) is 13.4. The molecule has 0 N–H and O–H groups in total. The first-order valence-corrected chi connectivity index (χ1v) is 13.4. The fourth-order valence-corrected chi connectivity index (χ4v) is 4.51. The van der Waals surface area contributed by atoms with E-state index >= 15 is 0 Å². The normalized spacial score (nSPS) is 11.4. The van der Waals surface area contributed by atoms with Crippen molar-refractivity contribution in [3.8, 4) is 29.0 Å². The molecule has 1 aromatic heterocycles. The van der Waals surface area contributed by atoms with Crippen LogP contribution < -0.4 is 15.0 Å². The van der Waals surface area contributed by atoms with Crippen LogP contribution in [0.3, 0.4) is 0 Å². The number of halogens is 3. The van der Waals surface area contributed by atoms with Crippen molar-refractivity contribution >= 4 is 22.8 Å². The standard InChI is InChI=1S/C32H22F3N5O5/c1-2-44-28-15-20(14-27(40(42)43)29(28)45-19-23-9-4-3-8-22(23)17-36)18-37-39-30(21-10-7-11-24(16-21)32(33,34)35)38-26-13-6-5-12-25(26)31(39)41/h3-16,18H,2,19H2,1H3. The summed E-state index contributed by atoms with van der Waals surface area (Å²) in [4.78, 5) is 29.4. The number of ether oxygens (including phenoxy) is 2. The lowest BCUT2D eigenvalue weighted by atomic mass is 10.1. The van der Waals surface area contributed by atoms with Gasteiger partial charge in [-0.15, -0.1) is 0 Å². The number of alkyl halides is 3. The zero-order valence-corrected chi connectivity index (χ0v) is 23.5. The Kier molecular flexibility index (Phi) is 8.58. The Morgan fingerprint density at radius 2 is 1.80 bits per heavy atom. The highest BCUT2D eigenvalue weighted by Gasteiger charge is 2.31. The smallest absolute Gasteiger partial charge is 0.416 e. The summed E-state index contributed by atoms with van der Waals surface area (Å²) in [6, 6.07) is 21.8. The summed E-state index contributed by atoms with van der Waals surface area (Å²) in [6.45, 7) is 1.64. The van der Waals surface area contributed by atoms with Crippen LogP contribution in [0.15, 0.2) is 94.8 Å². The van der Waals surface area contributed by atoms with Gasteiger partial charge in [0.2, 0.25) is 5.75 Å². The average Bonchev–Trinajstić information content (AvgIpc) is 3.03. The molecule has 13 heteroatoms. The molecule has 5 rings (SSSR count). The van der Waals surface area contributed by atoms with E-state index in [4.69, 9.17) is 9.47 Å². The van der Waals surface area contributed by atoms with Crippen molar-refractivity contribution in [2.75, 3.05) is 6.61 Å². The van der Waals surface area contributed by atoms with Crippen molar-refractivity contribution in [2.45, 2.75) is 19.7 Å². The zero-order valence-electron chi connectivity index (χ0n) is 23.5. The van der Waals surface area contributed by atoms with Gasteiger partial charge in [-0.05, 0) is 43.3 Å². The van der Waals surface area contributed by atoms with Gasteiger partial charge in [-0.1, -0.05) is 42.5 Å². The van der Waals surface area contributed by atoms with Crippen LogP contribution in [-0.4, -0.2) is 27.4 Å². The van der Waals surface area contributed by atoms with E-state index in [-0.39, 0.29) is 52.6 Å². The van der Waals surface area contributed by atoms with E-state index in [0.29, 0.717) is 11.1 Å². The van der Waals surface area contributed by atoms with Crippen LogP contribution in [0, 0.1) is 21.4 Å². The molecule has 4 aromatic carbocycles. The topological polar surface area (TPSA) is 133 Å². The van der Waals surface area contributed by atoms with Gasteiger partial charge in [-0.3, -0.25) is 14.9 Å². The molecule has 0 amide bonds. The van der Waals surface area contributed by atoms with E-state index < -0.39 is 27.9 Å². The molecule has 0 aliphatic carbocycles. The van der Waals surface area contributed by atoms with Gasteiger partial charge in [-0.2, -0.15) is 28.2 Å². The second-order valence-corrected chi connectivity index (χ2v) is 9.51. The molecule has 0 atom stereocenters. The summed E-state index contributed by atoms with van der Waals surface area (Å²) in [5, 5.41) is 25.9. The molecule has 0 aliphatic heterocycles. The Labute approximate surface area is 253 Å². The number of benzene rings is 4. The molecular formula is C32H22F3N5O5. The number of aromatic nitrogens is 2. The highest BCUT2D eigenvalue weighted by molar-refractivity contribution is 5.84. The van der Waals surface area contributed by atoms with Gasteiger partial charge < -0.3 is 9.47 Å². The maximum Gasteiger partial charge on any atom is 0.416 e. The number of nitrogens with zero attached hydrogens (tertiary/aromatic N) is 5. The lowest BCUT2D eigenvalue weighted by Gasteiger charge is -2.14. The molecule has 45 heavy (non-hydrogen) atoms. The summed E-state index contributed by atoms with van der Waals surface area (Å²) >= 11 is 0. The number of hydrogen-bond acceptors (Lipinski definition) is 8. The van der Waals surface area contributed by atoms with Crippen LogP contribution in [-0.2, 0) is 12.8 Å². The fraction of sp³-hybridized carbons (Fsp3) is 0.125. The summed E-state index contributed by atoms with van der Waals surface area (Å²) in [7, 11) is 0. The van der Waals surface area contributed by atoms with Crippen LogP contribution in [0.1, 0.15) is 29.2 Å². The molecule has 1 heterocycles. The van der Waals surface area contributed by atoms with Crippen molar-refractivity contribution in [2.24, 2.45) is 5.10 Å². The van der Waals surface area contributed by atoms with Crippen molar-refractivity contribution in [1.82, 2.24) is 9.66 Å². The third kappa shape index (κ3) is 6.50. The molecule has 0 saturated heterocycles. The number of hydrogen-bond donors (Lipinski definition) is 0. The van der Waals surface area contributed by atoms with E-state index in [0.717, 1.165) is 29.1 Å². The van der Waals surface area contributed by atoms with Gasteiger partial charge in [0.15, 0.2) is 11.6 Å². The minimum Gasteiger partial charge on any atom is -0.490 e. The third-order valence-corrected chi connectivity index (χ3v) is 6.59. The monoisotopic (exact) mass is 613 g/mol. The number of fused-ring (bicyclic) bond motifs is 1. The maximum atomic E-state index is 13.5. The predicted molar refractivity (Wildman–Crippen MR) is 159 cm³/mol. The van der Waals surface area contributed by atoms with Crippen molar-refractivity contribution < 1.29 is 27.6 Å². The number of nitro benzene ring substituents is 1. The number of para-hydroxylation sites is 1. The Bertz CT molecular complexity index is 2050. The Morgan fingerprint density at radius 3 is 2.53 bits per heavy atom. The van der Waals surface area contributed by atoms with Crippen LogP contribution in [0.4, 0.5) is 18.9 Å². The van der Waals surface area contributed by atoms with E-state index in [1.54, 1.807) is 49.4 Å². The first kappa shape index (κ1) is 30.4.